The molecule has 0 heterocycles. The van der Waals surface area contributed by atoms with Crippen molar-refractivity contribution >= 4 is 12.1 Å². The van der Waals surface area contributed by atoms with E-state index in [9.17, 15) is 3.89 Å². The average Bonchev–Trinajstić information content (AvgIpc) is 2.06. The van der Waals surface area contributed by atoms with Crippen molar-refractivity contribution in [3.63, 3.8) is 0 Å². The zero-order valence-electron chi connectivity index (χ0n) is 6.25. The molecular weight excluding hydrogens is 161 g/mol. The fraction of sp³-hybridized carbons (Fsp3) is 0.250. The SMILES string of the molecule is CC(N)(SF)c1ccccc1. The Hall–Kier alpha value is -0.540. The highest BCUT2D eigenvalue weighted by atomic mass is 32.2. The molecule has 0 saturated carbocycles. The molecule has 1 rings (SSSR count). The lowest BCUT2D eigenvalue weighted by molar-refractivity contribution is 0.705. The van der Waals surface area contributed by atoms with Gasteiger partial charge in [-0.05, 0) is 12.5 Å². The van der Waals surface area contributed by atoms with Crippen molar-refractivity contribution in [2.75, 3.05) is 0 Å². The highest BCUT2D eigenvalue weighted by Gasteiger charge is 2.21. The Morgan fingerprint density at radius 2 is 1.91 bits per heavy atom. The van der Waals surface area contributed by atoms with E-state index in [0.29, 0.717) is 0 Å². The van der Waals surface area contributed by atoms with Crippen LogP contribution in [0.4, 0.5) is 3.89 Å². The standard InChI is InChI=1S/C8H10FNS/c1-8(10,11-9)7-5-3-2-4-6-7/h2-6H,10H2,1H3. The Labute approximate surface area is 70.1 Å². The van der Waals surface area contributed by atoms with Crippen LogP contribution in [0.1, 0.15) is 12.5 Å². The van der Waals surface area contributed by atoms with Crippen LogP contribution < -0.4 is 5.73 Å². The predicted octanol–water partition coefficient (Wildman–Crippen LogP) is 2.44. The number of hydrogen-bond donors (Lipinski definition) is 1. The number of halogens is 1. The molecule has 60 valence electrons. The lowest BCUT2D eigenvalue weighted by atomic mass is 10.1. The van der Waals surface area contributed by atoms with Crippen molar-refractivity contribution in [3.8, 4) is 0 Å². The predicted molar refractivity (Wildman–Crippen MR) is 46.7 cm³/mol. The van der Waals surface area contributed by atoms with Crippen molar-refractivity contribution in [2.24, 2.45) is 5.73 Å². The molecule has 1 aromatic rings. The van der Waals surface area contributed by atoms with Gasteiger partial charge in [0.25, 0.3) is 0 Å². The molecule has 0 spiro atoms. The highest BCUT2D eigenvalue weighted by molar-refractivity contribution is 7.95. The molecule has 1 aromatic carbocycles. The van der Waals surface area contributed by atoms with Gasteiger partial charge in [-0.1, -0.05) is 30.3 Å². The minimum atomic E-state index is -0.915. The van der Waals surface area contributed by atoms with Gasteiger partial charge in [0.05, 0.1) is 12.1 Å². The van der Waals surface area contributed by atoms with Crippen molar-refractivity contribution in [1.82, 2.24) is 0 Å². The maximum atomic E-state index is 12.2. The van der Waals surface area contributed by atoms with Crippen molar-refractivity contribution < 1.29 is 3.89 Å². The molecule has 0 aliphatic carbocycles. The van der Waals surface area contributed by atoms with E-state index >= 15 is 0 Å². The van der Waals surface area contributed by atoms with Crippen LogP contribution in [0.25, 0.3) is 0 Å². The minimum Gasteiger partial charge on any atom is -0.311 e. The van der Waals surface area contributed by atoms with E-state index in [1.165, 1.54) is 0 Å². The van der Waals surface area contributed by atoms with Gasteiger partial charge in [0, 0.05) is 0 Å². The van der Waals surface area contributed by atoms with E-state index in [1.807, 2.05) is 30.3 Å². The normalized spacial score (nSPS) is 15.9. The summed E-state index contributed by atoms with van der Waals surface area (Å²) in [4.78, 5) is -0.915. The molecule has 0 fully saturated rings. The Kier molecular flexibility index (Phi) is 2.52. The third-order valence-corrected chi connectivity index (χ3v) is 2.06. The van der Waals surface area contributed by atoms with Gasteiger partial charge in [-0.25, -0.2) is 0 Å². The third kappa shape index (κ3) is 1.94. The van der Waals surface area contributed by atoms with Crippen LogP contribution in [0.15, 0.2) is 30.3 Å². The summed E-state index contributed by atoms with van der Waals surface area (Å²) in [5, 5.41) is 0. The van der Waals surface area contributed by atoms with Crippen LogP contribution in [0.5, 0.6) is 0 Å². The quantitative estimate of drug-likeness (QED) is 0.691. The molecule has 0 aliphatic heterocycles. The molecule has 1 nitrogen and oxygen atoms in total. The summed E-state index contributed by atoms with van der Waals surface area (Å²) in [5.41, 5.74) is 6.42. The van der Waals surface area contributed by atoms with Gasteiger partial charge >= 0.3 is 0 Å². The number of hydrogen-bond acceptors (Lipinski definition) is 2. The van der Waals surface area contributed by atoms with Crippen molar-refractivity contribution in [3.05, 3.63) is 35.9 Å². The van der Waals surface area contributed by atoms with E-state index in [1.54, 1.807) is 6.92 Å². The summed E-state index contributed by atoms with van der Waals surface area (Å²) >= 11 is 0.158. The van der Waals surface area contributed by atoms with Gasteiger partial charge in [0.2, 0.25) is 0 Å². The Morgan fingerprint density at radius 3 is 2.36 bits per heavy atom. The lowest BCUT2D eigenvalue weighted by Gasteiger charge is -2.18. The van der Waals surface area contributed by atoms with Crippen LogP contribution in [-0.4, -0.2) is 0 Å². The van der Waals surface area contributed by atoms with E-state index in [0.717, 1.165) is 5.56 Å². The van der Waals surface area contributed by atoms with Crippen molar-refractivity contribution in [2.45, 2.75) is 11.8 Å². The highest BCUT2D eigenvalue weighted by Crippen LogP contribution is 2.30. The number of nitrogens with two attached hydrogens (primary N) is 1. The summed E-state index contributed by atoms with van der Waals surface area (Å²) in [5.74, 6) is 0. The zero-order valence-corrected chi connectivity index (χ0v) is 7.07. The third-order valence-electron chi connectivity index (χ3n) is 1.51. The molecule has 0 amide bonds. The second-order valence-electron chi connectivity index (χ2n) is 2.55. The van der Waals surface area contributed by atoms with Gasteiger partial charge in [0.15, 0.2) is 0 Å². The summed E-state index contributed by atoms with van der Waals surface area (Å²) < 4.78 is 12.2. The van der Waals surface area contributed by atoms with E-state index in [4.69, 9.17) is 5.73 Å². The first-order chi connectivity index (χ1) is 5.17. The van der Waals surface area contributed by atoms with Gasteiger partial charge in [0.1, 0.15) is 4.87 Å². The molecule has 0 radical (unpaired) electrons. The largest absolute Gasteiger partial charge is 0.311 e. The second-order valence-corrected chi connectivity index (χ2v) is 3.55. The van der Waals surface area contributed by atoms with Gasteiger partial charge in [-0.2, -0.15) is 3.89 Å². The molecule has 0 saturated heterocycles. The maximum Gasteiger partial charge on any atom is 0.116 e. The molecule has 0 bridgehead atoms. The first-order valence-corrected chi connectivity index (χ1v) is 4.02. The first kappa shape index (κ1) is 8.56. The lowest BCUT2D eigenvalue weighted by Crippen LogP contribution is -2.27. The monoisotopic (exact) mass is 171 g/mol. The molecule has 2 N–H and O–H groups in total. The van der Waals surface area contributed by atoms with Crippen LogP contribution in [0.3, 0.4) is 0 Å². The number of benzene rings is 1. The Morgan fingerprint density at radius 1 is 1.36 bits per heavy atom. The molecule has 1 atom stereocenters. The van der Waals surface area contributed by atoms with Crippen molar-refractivity contribution in [1.29, 1.82) is 0 Å². The Bertz CT molecular complexity index is 223. The summed E-state index contributed by atoms with van der Waals surface area (Å²) in [7, 11) is 0. The fourth-order valence-corrected chi connectivity index (χ4v) is 1.04. The van der Waals surface area contributed by atoms with Gasteiger partial charge < -0.3 is 5.73 Å². The van der Waals surface area contributed by atoms with E-state index < -0.39 is 4.87 Å². The van der Waals surface area contributed by atoms with Gasteiger partial charge in [-0.3, -0.25) is 0 Å². The van der Waals surface area contributed by atoms with Crippen LogP contribution in [0.2, 0.25) is 0 Å². The first-order valence-electron chi connectivity index (χ1n) is 3.31. The van der Waals surface area contributed by atoms with E-state index in [2.05, 4.69) is 0 Å². The Balaban J connectivity index is 2.93. The molecule has 1 unspecified atom stereocenters. The minimum absolute atomic E-state index is 0.158. The summed E-state index contributed by atoms with van der Waals surface area (Å²) in [6.45, 7) is 1.65. The van der Waals surface area contributed by atoms with Crippen LogP contribution >= 0.6 is 12.1 Å². The van der Waals surface area contributed by atoms with Gasteiger partial charge in [-0.15, -0.1) is 0 Å². The average molecular weight is 171 g/mol. The van der Waals surface area contributed by atoms with E-state index in [-0.39, 0.29) is 12.1 Å². The fourth-order valence-electron chi connectivity index (χ4n) is 0.814. The second kappa shape index (κ2) is 3.24. The summed E-state index contributed by atoms with van der Waals surface area (Å²) in [6.07, 6.45) is 0. The topological polar surface area (TPSA) is 26.0 Å². The van der Waals surface area contributed by atoms with Crippen LogP contribution in [-0.2, 0) is 4.87 Å². The summed E-state index contributed by atoms with van der Waals surface area (Å²) in [6, 6.07) is 9.19. The number of rotatable bonds is 2. The smallest absolute Gasteiger partial charge is 0.116 e. The molecular formula is C8H10FNS. The molecule has 0 aromatic heterocycles. The molecule has 3 heteroatoms. The maximum absolute atomic E-state index is 12.2. The molecule has 11 heavy (non-hydrogen) atoms. The van der Waals surface area contributed by atoms with Crippen LogP contribution in [0, 0.1) is 0 Å². The molecule has 0 aliphatic rings. The zero-order chi connectivity index (χ0) is 8.32.